The number of hydrogen-bond donors (Lipinski definition) is 1. The molecule has 1 amide bonds. The average Bonchev–Trinajstić information content (AvgIpc) is 2.98. The number of fused-ring (bicyclic) bond motifs is 1. The minimum absolute atomic E-state index is 0. The van der Waals surface area contributed by atoms with Crippen LogP contribution in [0.1, 0.15) is 35.1 Å². The van der Waals surface area contributed by atoms with E-state index in [1.807, 2.05) is 31.9 Å². The third-order valence-electron chi connectivity index (χ3n) is 4.68. The number of likely N-dealkylation sites (tertiary alicyclic amines) is 1. The Balaban J connectivity index is 0.00000144. The monoisotopic (exact) mass is 373 g/mol. The van der Waals surface area contributed by atoms with Crippen LogP contribution in [-0.2, 0) is 7.05 Å². The molecule has 2 unspecified atom stereocenters. The molecule has 0 aliphatic carbocycles. The first-order valence-corrected chi connectivity index (χ1v) is 7.74. The Morgan fingerprint density at radius 3 is 2.58 bits per heavy atom. The predicted octanol–water partition coefficient (Wildman–Crippen LogP) is 2.24. The first-order valence-electron chi connectivity index (χ1n) is 7.74. The second kappa shape index (κ2) is 7.68. The van der Waals surface area contributed by atoms with Crippen LogP contribution in [0.3, 0.4) is 0 Å². The zero-order valence-corrected chi connectivity index (χ0v) is 16.1. The summed E-state index contributed by atoms with van der Waals surface area (Å²) in [6, 6.07) is 2.16. The normalized spacial score (nSPS) is 20.0. The fraction of sp³-hybridized carbons (Fsp3) is 0.562. The summed E-state index contributed by atoms with van der Waals surface area (Å²) in [6.07, 6.45) is 0.975. The number of carbonyl (C=O) groups excluding carboxylic acids is 1. The summed E-state index contributed by atoms with van der Waals surface area (Å²) in [5.74, 6) is 0.453. The molecule has 2 aromatic heterocycles. The van der Waals surface area contributed by atoms with Gasteiger partial charge in [0, 0.05) is 25.0 Å². The lowest BCUT2D eigenvalue weighted by Crippen LogP contribution is -2.35. The molecule has 0 radical (unpaired) electrons. The molecule has 24 heavy (non-hydrogen) atoms. The zero-order valence-electron chi connectivity index (χ0n) is 14.4. The highest BCUT2D eigenvalue weighted by molar-refractivity contribution is 5.99. The molecule has 3 rings (SSSR count). The maximum Gasteiger partial charge on any atom is 0.255 e. The molecule has 0 saturated carbocycles. The molecule has 0 bridgehead atoms. The maximum absolute atomic E-state index is 12.9. The van der Waals surface area contributed by atoms with E-state index in [0.29, 0.717) is 18.0 Å². The molecule has 134 valence electrons. The van der Waals surface area contributed by atoms with Gasteiger partial charge in [-0.25, -0.2) is 4.98 Å². The first-order chi connectivity index (χ1) is 10.4. The number of nitrogens with zero attached hydrogens (tertiary/aromatic N) is 4. The number of hydrogen-bond acceptors (Lipinski definition) is 4. The Morgan fingerprint density at radius 1 is 1.33 bits per heavy atom. The molecule has 2 aromatic rings. The van der Waals surface area contributed by atoms with E-state index >= 15 is 0 Å². The van der Waals surface area contributed by atoms with Crippen molar-refractivity contribution in [3.8, 4) is 0 Å². The molecule has 0 aromatic carbocycles. The third-order valence-corrected chi connectivity index (χ3v) is 4.68. The quantitative estimate of drug-likeness (QED) is 0.875. The highest BCUT2D eigenvalue weighted by atomic mass is 35.5. The van der Waals surface area contributed by atoms with Crippen molar-refractivity contribution in [1.29, 1.82) is 0 Å². The Morgan fingerprint density at radius 2 is 2.00 bits per heavy atom. The van der Waals surface area contributed by atoms with E-state index in [-0.39, 0.29) is 36.8 Å². The second-order valence-corrected chi connectivity index (χ2v) is 6.35. The van der Waals surface area contributed by atoms with E-state index in [1.54, 1.807) is 4.68 Å². The van der Waals surface area contributed by atoms with Crippen LogP contribution in [0.15, 0.2) is 6.07 Å². The second-order valence-electron chi connectivity index (χ2n) is 6.35. The van der Waals surface area contributed by atoms with Crippen molar-refractivity contribution in [2.24, 2.45) is 18.7 Å². The smallest absolute Gasteiger partial charge is 0.255 e. The minimum Gasteiger partial charge on any atom is -0.336 e. The molecule has 1 fully saturated rings. The molecule has 2 N–H and O–H groups in total. The summed E-state index contributed by atoms with van der Waals surface area (Å²) in [7, 11) is 1.87. The van der Waals surface area contributed by atoms with Gasteiger partial charge >= 0.3 is 0 Å². The maximum atomic E-state index is 12.9. The van der Waals surface area contributed by atoms with Crippen LogP contribution in [-0.4, -0.2) is 44.7 Å². The molecule has 6 nitrogen and oxygen atoms in total. The van der Waals surface area contributed by atoms with Gasteiger partial charge in [-0.2, -0.15) is 5.10 Å². The molecule has 8 heteroatoms. The largest absolute Gasteiger partial charge is 0.336 e. The van der Waals surface area contributed by atoms with Crippen LogP contribution in [0, 0.1) is 19.8 Å². The molecule has 1 saturated heterocycles. The molecule has 2 atom stereocenters. The molecule has 3 heterocycles. The van der Waals surface area contributed by atoms with E-state index in [4.69, 9.17) is 5.73 Å². The Labute approximate surface area is 154 Å². The van der Waals surface area contributed by atoms with Gasteiger partial charge in [0.15, 0.2) is 5.65 Å². The summed E-state index contributed by atoms with van der Waals surface area (Å²) < 4.78 is 1.76. The lowest BCUT2D eigenvalue weighted by molar-refractivity contribution is 0.0742. The van der Waals surface area contributed by atoms with Crippen molar-refractivity contribution < 1.29 is 4.79 Å². The minimum atomic E-state index is 0. The Bertz CT molecular complexity index is 746. The van der Waals surface area contributed by atoms with Crippen LogP contribution < -0.4 is 5.73 Å². The highest BCUT2D eigenvalue weighted by Crippen LogP contribution is 2.26. The van der Waals surface area contributed by atoms with E-state index in [1.165, 1.54) is 0 Å². The van der Waals surface area contributed by atoms with Crippen LogP contribution in [0.2, 0.25) is 0 Å². The van der Waals surface area contributed by atoms with Gasteiger partial charge in [-0.15, -0.1) is 24.8 Å². The van der Waals surface area contributed by atoms with E-state index in [0.717, 1.165) is 35.4 Å². The lowest BCUT2D eigenvalue weighted by Gasteiger charge is -2.22. The fourth-order valence-corrected chi connectivity index (χ4v) is 3.40. The van der Waals surface area contributed by atoms with E-state index in [9.17, 15) is 4.79 Å². The average molecular weight is 374 g/mol. The summed E-state index contributed by atoms with van der Waals surface area (Å²) in [4.78, 5) is 19.4. The van der Waals surface area contributed by atoms with Gasteiger partial charge in [0.2, 0.25) is 0 Å². The summed E-state index contributed by atoms with van der Waals surface area (Å²) in [5.41, 5.74) is 8.91. The van der Waals surface area contributed by atoms with Gasteiger partial charge in [0.1, 0.15) is 0 Å². The molecular weight excluding hydrogens is 349 g/mol. The molecule has 0 spiro atoms. The summed E-state index contributed by atoms with van der Waals surface area (Å²) >= 11 is 0. The van der Waals surface area contributed by atoms with Crippen molar-refractivity contribution in [3.63, 3.8) is 0 Å². The van der Waals surface area contributed by atoms with Crippen LogP contribution >= 0.6 is 24.8 Å². The Hall–Kier alpha value is -1.37. The number of aromatic nitrogens is 3. The van der Waals surface area contributed by atoms with Crippen LogP contribution in [0.4, 0.5) is 0 Å². The summed E-state index contributed by atoms with van der Waals surface area (Å²) in [6.45, 7) is 7.28. The van der Waals surface area contributed by atoms with Crippen molar-refractivity contribution in [1.82, 2.24) is 19.7 Å². The van der Waals surface area contributed by atoms with Gasteiger partial charge in [-0.1, -0.05) is 0 Å². The number of pyridine rings is 1. The topological polar surface area (TPSA) is 77.0 Å². The number of rotatable bonds is 2. The number of halogens is 2. The van der Waals surface area contributed by atoms with E-state index in [2.05, 4.69) is 17.0 Å². The van der Waals surface area contributed by atoms with Gasteiger partial charge in [0.25, 0.3) is 5.91 Å². The lowest BCUT2D eigenvalue weighted by atomic mass is 10.1. The number of amides is 1. The number of aryl methyl sites for hydroxylation is 3. The molecule has 1 aliphatic heterocycles. The van der Waals surface area contributed by atoms with Crippen molar-refractivity contribution in [2.45, 2.75) is 33.2 Å². The molecular formula is C16H25Cl2N5O. The van der Waals surface area contributed by atoms with Gasteiger partial charge in [-0.3, -0.25) is 9.48 Å². The predicted molar refractivity (Wildman–Crippen MR) is 100 cm³/mol. The number of carbonyl (C=O) groups is 1. The third kappa shape index (κ3) is 3.36. The SMILES string of the molecule is Cc1nc2c(cc1C(=O)N1CC(CN)CC1C)c(C)nn2C.Cl.Cl. The first kappa shape index (κ1) is 20.7. The van der Waals surface area contributed by atoms with Gasteiger partial charge < -0.3 is 10.6 Å². The highest BCUT2D eigenvalue weighted by Gasteiger charge is 2.33. The molecule has 1 aliphatic rings. The fourth-order valence-electron chi connectivity index (χ4n) is 3.40. The van der Waals surface area contributed by atoms with E-state index < -0.39 is 0 Å². The van der Waals surface area contributed by atoms with Crippen LogP contribution in [0.5, 0.6) is 0 Å². The van der Waals surface area contributed by atoms with Crippen LogP contribution in [0.25, 0.3) is 11.0 Å². The zero-order chi connectivity index (χ0) is 16.0. The number of nitrogens with two attached hydrogens (primary N) is 1. The Kier molecular flexibility index (Phi) is 6.61. The van der Waals surface area contributed by atoms with Crippen molar-refractivity contribution in [3.05, 3.63) is 23.0 Å². The van der Waals surface area contributed by atoms with Crippen molar-refractivity contribution in [2.75, 3.05) is 13.1 Å². The van der Waals surface area contributed by atoms with Gasteiger partial charge in [-0.05, 0) is 45.7 Å². The van der Waals surface area contributed by atoms with Gasteiger partial charge in [0.05, 0.1) is 17.0 Å². The standard InChI is InChI=1S/C16H23N5O.2ClH/c1-9-5-12(7-17)8-21(9)16(22)14-6-13-11(3)19-20(4)15(13)18-10(14)2;;/h6,9,12H,5,7-8,17H2,1-4H3;2*1H. The van der Waals surface area contributed by atoms with Crippen molar-refractivity contribution >= 4 is 41.8 Å². The summed E-state index contributed by atoms with van der Waals surface area (Å²) in [5, 5.41) is 5.33.